The molecule has 2 heteroatoms. The predicted molar refractivity (Wildman–Crippen MR) is 229 cm³/mol. The van der Waals surface area contributed by atoms with Gasteiger partial charge in [-0.1, -0.05) is 153 Å². The largest absolute Gasteiger partial charge is 0.507 e. The third kappa shape index (κ3) is 4.95. The molecule has 1 N–H and O–H groups in total. The van der Waals surface area contributed by atoms with Crippen LogP contribution < -0.4 is 0 Å². The first-order valence-corrected chi connectivity index (χ1v) is 18.5. The Morgan fingerprint density at radius 2 is 1.28 bits per heavy atom. The molecule has 0 aliphatic heterocycles. The molecular weight excluding hydrogens is 657 g/mol. The van der Waals surface area contributed by atoms with E-state index in [1.165, 1.54) is 27.5 Å². The number of phenols is 1. The number of allylic oxidation sites excluding steroid dienone is 8. The molecule has 0 fully saturated rings. The average molecular weight is 693 g/mol. The van der Waals surface area contributed by atoms with Gasteiger partial charge in [0.15, 0.2) is 0 Å². The van der Waals surface area contributed by atoms with Crippen molar-refractivity contribution in [2.24, 2.45) is 5.92 Å². The molecule has 0 amide bonds. The molecule has 1 atom stereocenters. The Bertz CT molecular complexity index is 3000. The van der Waals surface area contributed by atoms with Crippen LogP contribution in [0.25, 0.3) is 94.6 Å². The Kier molecular flexibility index (Phi) is 7.45. The number of rotatable bonds is 6. The predicted octanol–water partition coefficient (Wildman–Crippen LogP) is 14.3. The second kappa shape index (κ2) is 12.6. The summed E-state index contributed by atoms with van der Waals surface area (Å²) < 4.78 is 6.45. The Balaban J connectivity index is 1.16. The van der Waals surface area contributed by atoms with Crippen LogP contribution in [-0.2, 0) is 0 Å². The lowest BCUT2D eigenvalue weighted by Crippen LogP contribution is -2.08. The van der Waals surface area contributed by atoms with E-state index in [1.807, 2.05) is 54.6 Å². The van der Waals surface area contributed by atoms with Gasteiger partial charge in [0.05, 0.1) is 0 Å². The minimum atomic E-state index is 0.249. The first-order valence-electron chi connectivity index (χ1n) is 18.5. The van der Waals surface area contributed by atoms with E-state index in [2.05, 4.69) is 122 Å². The maximum Gasteiger partial charge on any atom is 0.136 e. The summed E-state index contributed by atoms with van der Waals surface area (Å²) >= 11 is 0. The van der Waals surface area contributed by atoms with Gasteiger partial charge in [-0.25, -0.2) is 0 Å². The standard InChI is InChI=1S/C52H36O2/c1-3-40-41(4-2)49(39-22-21-32-13-8-9-16-35(32)29-39)43-20-11-10-19-42(43)48(40)38-18-12-17-36(30-38)37-25-27-46-44(31-37)52-47(54-46)28-24-34-23-26-45(53)50(51(34)52)33-14-6-5-7-15-33/h3-28,30-31,35,53H,1-2,29H2. The van der Waals surface area contributed by atoms with Crippen molar-refractivity contribution < 1.29 is 9.52 Å². The van der Waals surface area contributed by atoms with Crippen molar-refractivity contribution in [2.45, 2.75) is 6.42 Å². The van der Waals surface area contributed by atoms with E-state index in [0.29, 0.717) is 5.92 Å². The molecule has 1 aromatic heterocycles. The van der Waals surface area contributed by atoms with Crippen LogP contribution in [0.3, 0.4) is 0 Å². The Morgan fingerprint density at radius 1 is 0.574 bits per heavy atom. The zero-order chi connectivity index (χ0) is 36.3. The van der Waals surface area contributed by atoms with Gasteiger partial charge in [-0.3, -0.25) is 0 Å². The molecule has 10 rings (SSSR count). The highest BCUT2D eigenvalue weighted by molar-refractivity contribution is 6.24. The fraction of sp³-hybridized carbons (Fsp3) is 0.0385. The Labute approximate surface area is 314 Å². The second-order valence-corrected chi connectivity index (χ2v) is 14.2. The SMILES string of the molecule is C=Cc1c(C=C)c(-c2cccc(-c3ccc4oc5ccc6ccc(O)c(-c7ccccc7)c6c5c4c3)c2)c2ccccc2c1C1=CC=C2C=CC=CC2C1. The van der Waals surface area contributed by atoms with Crippen molar-refractivity contribution in [3.63, 3.8) is 0 Å². The van der Waals surface area contributed by atoms with Crippen molar-refractivity contribution in [3.8, 4) is 39.1 Å². The summed E-state index contributed by atoms with van der Waals surface area (Å²) in [7, 11) is 0. The maximum absolute atomic E-state index is 11.2. The number of hydrogen-bond donors (Lipinski definition) is 1. The Hall–Kier alpha value is -6.90. The molecule has 0 radical (unpaired) electrons. The zero-order valence-electron chi connectivity index (χ0n) is 29.7. The first-order chi connectivity index (χ1) is 26.6. The summed E-state index contributed by atoms with van der Waals surface area (Å²) in [5.74, 6) is 0.617. The number of hydrogen-bond acceptors (Lipinski definition) is 2. The highest BCUT2D eigenvalue weighted by Gasteiger charge is 2.24. The van der Waals surface area contributed by atoms with Crippen LogP contribution in [0.1, 0.15) is 23.1 Å². The van der Waals surface area contributed by atoms with E-state index in [1.54, 1.807) is 6.07 Å². The monoisotopic (exact) mass is 692 g/mol. The van der Waals surface area contributed by atoms with Crippen LogP contribution in [0, 0.1) is 5.92 Å². The van der Waals surface area contributed by atoms with E-state index in [4.69, 9.17) is 4.42 Å². The van der Waals surface area contributed by atoms with Gasteiger partial charge in [0.1, 0.15) is 16.9 Å². The first kappa shape index (κ1) is 31.8. The molecule has 1 heterocycles. The normalized spacial score (nSPS) is 15.1. The molecule has 7 aromatic carbocycles. The third-order valence-electron chi connectivity index (χ3n) is 11.3. The average Bonchev–Trinajstić information content (AvgIpc) is 3.61. The molecule has 0 spiro atoms. The molecule has 2 nitrogen and oxygen atoms in total. The molecule has 256 valence electrons. The number of furan rings is 1. The molecule has 1 unspecified atom stereocenters. The molecule has 0 bridgehead atoms. The summed E-state index contributed by atoms with van der Waals surface area (Å²) in [4.78, 5) is 0. The fourth-order valence-corrected chi connectivity index (χ4v) is 8.82. The van der Waals surface area contributed by atoms with E-state index < -0.39 is 0 Å². The second-order valence-electron chi connectivity index (χ2n) is 14.2. The van der Waals surface area contributed by atoms with Crippen molar-refractivity contribution in [1.82, 2.24) is 0 Å². The molecule has 8 aromatic rings. The van der Waals surface area contributed by atoms with Crippen molar-refractivity contribution in [1.29, 1.82) is 0 Å². The summed E-state index contributed by atoms with van der Waals surface area (Å²) in [6.45, 7) is 8.70. The van der Waals surface area contributed by atoms with Crippen molar-refractivity contribution >= 4 is 61.2 Å². The highest BCUT2D eigenvalue weighted by Crippen LogP contribution is 2.47. The fourth-order valence-electron chi connectivity index (χ4n) is 8.82. The third-order valence-corrected chi connectivity index (χ3v) is 11.3. The lowest BCUT2D eigenvalue weighted by Gasteiger charge is -2.26. The molecule has 54 heavy (non-hydrogen) atoms. The maximum atomic E-state index is 11.2. The molecular formula is C52H36O2. The van der Waals surface area contributed by atoms with Gasteiger partial charge in [0.2, 0.25) is 0 Å². The van der Waals surface area contributed by atoms with Gasteiger partial charge in [-0.2, -0.15) is 0 Å². The van der Waals surface area contributed by atoms with Crippen molar-refractivity contribution in [2.75, 3.05) is 0 Å². The minimum Gasteiger partial charge on any atom is -0.507 e. The molecule has 2 aliphatic carbocycles. The van der Waals surface area contributed by atoms with Crippen LogP contribution in [0.15, 0.2) is 181 Å². The molecule has 0 saturated heterocycles. The van der Waals surface area contributed by atoms with Crippen LogP contribution in [0.5, 0.6) is 5.75 Å². The summed E-state index contributed by atoms with van der Waals surface area (Å²) in [6, 6.07) is 42.0. The zero-order valence-corrected chi connectivity index (χ0v) is 29.7. The number of fused-ring (bicyclic) bond motifs is 7. The van der Waals surface area contributed by atoms with Crippen LogP contribution in [-0.4, -0.2) is 5.11 Å². The lowest BCUT2D eigenvalue weighted by atomic mass is 9.77. The smallest absolute Gasteiger partial charge is 0.136 e. The van der Waals surface area contributed by atoms with E-state index in [-0.39, 0.29) is 5.75 Å². The van der Waals surface area contributed by atoms with E-state index in [0.717, 1.165) is 83.6 Å². The topological polar surface area (TPSA) is 33.4 Å². The van der Waals surface area contributed by atoms with Crippen molar-refractivity contribution in [3.05, 3.63) is 193 Å². The van der Waals surface area contributed by atoms with Gasteiger partial charge >= 0.3 is 0 Å². The Morgan fingerprint density at radius 3 is 2.11 bits per heavy atom. The molecule has 0 saturated carbocycles. The summed E-state index contributed by atoms with van der Waals surface area (Å²) in [5.41, 5.74) is 13.9. The molecule has 2 aliphatic rings. The number of benzene rings is 7. The highest BCUT2D eigenvalue weighted by atomic mass is 16.3. The van der Waals surface area contributed by atoms with Gasteiger partial charge in [0, 0.05) is 27.6 Å². The number of phenolic OH excluding ortho intramolecular Hbond substituents is 1. The number of aromatic hydroxyl groups is 1. The van der Waals surface area contributed by atoms with Gasteiger partial charge in [0.25, 0.3) is 0 Å². The summed E-state index contributed by atoms with van der Waals surface area (Å²) in [5, 5.41) is 17.7. The lowest BCUT2D eigenvalue weighted by molar-refractivity contribution is 0.478. The summed E-state index contributed by atoms with van der Waals surface area (Å²) in [6.07, 6.45) is 18.3. The van der Waals surface area contributed by atoms with Gasteiger partial charge < -0.3 is 9.52 Å². The quantitative estimate of drug-likeness (QED) is 0.188. The van der Waals surface area contributed by atoms with Gasteiger partial charge in [-0.15, -0.1) is 0 Å². The minimum absolute atomic E-state index is 0.249. The van der Waals surface area contributed by atoms with E-state index >= 15 is 0 Å². The van der Waals surface area contributed by atoms with E-state index in [9.17, 15) is 5.11 Å². The van der Waals surface area contributed by atoms with Gasteiger partial charge in [-0.05, 0) is 109 Å². The van der Waals surface area contributed by atoms with Crippen LogP contribution in [0.4, 0.5) is 0 Å². The van der Waals surface area contributed by atoms with Crippen LogP contribution >= 0.6 is 0 Å². The van der Waals surface area contributed by atoms with Crippen LogP contribution in [0.2, 0.25) is 0 Å².